The number of hydrogen-bond donors (Lipinski definition) is 3. The first kappa shape index (κ1) is 19.1. The highest BCUT2D eigenvalue weighted by Crippen LogP contribution is 2.18. The molecular weight excluding hydrogens is 276 g/mol. The zero-order valence-corrected chi connectivity index (χ0v) is 12.4. The molecule has 21 heavy (non-hydrogen) atoms. The van der Waals surface area contributed by atoms with Crippen LogP contribution in [-0.2, 0) is 14.4 Å². The summed E-state index contributed by atoms with van der Waals surface area (Å²) in [6.07, 6.45) is 6.51. The Hall–Kier alpha value is -1.85. The van der Waals surface area contributed by atoms with E-state index in [2.05, 4.69) is 6.92 Å². The van der Waals surface area contributed by atoms with Gasteiger partial charge in [-0.25, -0.2) is 4.79 Å². The highest BCUT2D eigenvalue weighted by molar-refractivity contribution is 5.88. The Bertz CT molecular complexity index is 386. The van der Waals surface area contributed by atoms with Gasteiger partial charge in [0, 0.05) is 5.57 Å². The van der Waals surface area contributed by atoms with E-state index in [9.17, 15) is 14.4 Å². The molecule has 6 heteroatoms. The van der Waals surface area contributed by atoms with Gasteiger partial charge >= 0.3 is 17.9 Å². The van der Waals surface area contributed by atoms with Crippen LogP contribution in [0.5, 0.6) is 0 Å². The molecule has 0 fully saturated rings. The normalized spacial score (nSPS) is 12.9. The van der Waals surface area contributed by atoms with Gasteiger partial charge in [0.1, 0.15) is 0 Å². The van der Waals surface area contributed by atoms with Gasteiger partial charge in [-0.2, -0.15) is 0 Å². The summed E-state index contributed by atoms with van der Waals surface area (Å²) in [7, 11) is 0. The van der Waals surface area contributed by atoms with Gasteiger partial charge in [-0.1, -0.05) is 38.7 Å². The smallest absolute Gasteiger partial charge is 0.331 e. The molecule has 6 nitrogen and oxygen atoms in total. The molecule has 3 N–H and O–H groups in total. The summed E-state index contributed by atoms with van der Waals surface area (Å²) >= 11 is 0. The maximum Gasteiger partial charge on any atom is 0.331 e. The summed E-state index contributed by atoms with van der Waals surface area (Å²) in [5.41, 5.74) is -0.0147. The number of rotatable bonds is 12. The Morgan fingerprint density at radius 1 is 0.952 bits per heavy atom. The van der Waals surface area contributed by atoms with E-state index in [4.69, 9.17) is 15.3 Å². The Morgan fingerprint density at radius 2 is 1.57 bits per heavy atom. The second kappa shape index (κ2) is 10.9. The van der Waals surface area contributed by atoms with E-state index < -0.39 is 30.2 Å². The van der Waals surface area contributed by atoms with Crippen LogP contribution >= 0.6 is 0 Å². The molecule has 0 spiro atoms. The number of carbonyl (C=O) groups is 3. The molecule has 0 aliphatic carbocycles. The Balaban J connectivity index is 4.48. The summed E-state index contributed by atoms with van der Waals surface area (Å²) in [5, 5.41) is 26.7. The molecule has 0 saturated heterocycles. The van der Waals surface area contributed by atoms with Crippen LogP contribution in [0, 0.1) is 5.92 Å². The summed E-state index contributed by atoms with van der Waals surface area (Å²) in [5.74, 6) is -4.91. The largest absolute Gasteiger partial charge is 0.481 e. The van der Waals surface area contributed by atoms with Crippen LogP contribution in [0.15, 0.2) is 11.6 Å². The number of carboxylic acid groups (broad SMARTS) is 3. The minimum absolute atomic E-state index is 0.0147. The first-order chi connectivity index (χ1) is 9.88. The maximum atomic E-state index is 11.1. The lowest BCUT2D eigenvalue weighted by atomic mass is 9.95. The van der Waals surface area contributed by atoms with Crippen LogP contribution in [0.25, 0.3) is 0 Å². The van der Waals surface area contributed by atoms with Gasteiger partial charge in [0.25, 0.3) is 0 Å². The molecule has 1 atom stereocenters. The van der Waals surface area contributed by atoms with Crippen LogP contribution < -0.4 is 0 Å². The summed E-state index contributed by atoms with van der Waals surface area (Å²) in [4.78, 5) is 32.7. The lowest BCUT2D eigenvalue weighted by Gasteiger charge is -2.10. The van der Waals surface area contributed by atoms with Crippen molar-refractivity contribution in [3.63, 3.8) is 0 Å². The van der Waals surface area contributed by atoms with Crippen molar-refractivity contribution in [2.24, 2.45) is 5.92 Å². The van der Waals surface area contributed by atoms with Crippen LogP contribution in [-0.4, -0.2) is 33.2 Å². The monoisotopic (exact) mass is 300 g/mol. The van der Waals surface area contributed by atoms with Crippen molar-refractivity contribution in [3.05, 3.63) is 11.6 Å². The van der Waals surface area contributed by atoms with Crippen molar-refractivity contribution >= 4 is 17.9 Å². The van der Waals surface area contributed by atoms with E-state index in [1.165, 1.54) is 6.08 Å². The average molecular weight is 300 g/mol. The van der Waals surface area contributed by atoms with E-state index in [0.29, 0.717) is 6.42 Å². The number of aliphatic carboxylic acids is 3. The third-order valence-corrected chi connectivity index (χ3v) is 3.21. The number of hydrogen-bond acceptors (Lipinski definition) is 3. The Labute approximate surface area is 124 Å². The van der Waals surface area contributed by atoms with Gasteiger partial charge < -0.3 is 15.3 Å². The van der Waals surface area contributed by atoms with Gasteiger partial charge in [0.15, 0.2) is 0 Å². The SMILES string of the molecule is CCCCCCCC=C(CC(CC(=O)O)C(=O)O)C(=O)O. The minimum Gasteiger partial charge on any atom is -0.481 e. The van der Waals surface area contributed by atoms with Gasteiger partial charge in [-0.15, -0.1) is 0 Å². The van der Waals surface area contributed by atoms with E-state index >= 15 is 0 Å². The van der Waals surface area contributed by atoms with Gasteiger partial charge in [-0.05, 0) is 19.3 Å². The van der Waals surface area contributed by atoms with Crippen LogP contribution in [0.2, 0.25) is 0 Å². The van der Waals surface area contributed by atoms with E-state index in [1.54, 1.807) is 0 Å². The zero-order valence-electron chi connectivity index (χ0n) is 12.4. The highest BCUT2D eigenvalue weighted by Gasteiger charge is 2.24. The van der Waals surface area contributed by atoms with Crippen molar-refractivity contribution in [2.45, 2.75) is 58.3 Å². The molecule has 0 heterocycles. The molecule has 0 aliphatic rings. The first-order valence-corrected chi connectivity index (χ1v) is 7.25. The third-order valence-electron chi connectivity index (χ3n) is 3.21. The number of carboxylic acids is 3. The van der Waals surface area contributed by atoms with E-state index in [-0.39, 0.29) is 12.0 Å². The van der Waals surface area contributed by atoms with Crippen LogP contribution in [0.1, 0.15) is 58.3 Å². The lowest BCUT2D eigenvalue weighted by Crippen LogP contribution is -2.20. The predicted octanol–water partition coefficient (Wildman–Crippen LogP) is 2.92. The summed E-state index contributed by atoms with van der Waals surface area (Å²) in [6.45, 7) is 2.11. The predicted molar refractivity (Wildman–Crippen MR) is 77.1 cm³/mol. The molecule has 0 aromatic rings. The molecule has 0 radical (unpaired) electrons. The second-order valence-corrected chi connectivity index (χ2v) is 5.07. The quantitative estimate of drug-likeness (QED) is 0.377. The summed E-state index contributed by atoms with van der Waals surface area (Å²) < 4.78 is 0. The highest BCUT2D eigenvalue weighted by atomic mass is 16.4. The molecular formula is C15H24O6. The molecule has 0 bridgehead atoms. The van der Waals surface area contributed by atoms with Gasteiger partial charge in [-0.3, -0.25) is 9.59 Å². The second-order valence-electron chi connectivity index (χ2n) is 5.07. The Morgan fingerprint density at radius 3 is 2.05 bits per heavy atom. The molecule has 0 aliphatic heterocycles. The van der Waals surface area contributed by atoms with Crippen molar-refractivity contribution < 1.29 is 29.7 Å². The fourth-order valence-corrected chi connectivity index (χ4v) is 2.01. The lowest BCUT2D eigenvalue weighted by molar-refractivity contribution is -0.148. The maximum absolute atomic E-state index is 11.1. The molecule has 0 rings (SSSR count). The number of allylic oxidation sites excluding steroid dienone is 1. The van der Waals surface area contributed by atoms with Crippen molar-refractivity contribution in [3.8, 4) is 0 Å². The summed E-state index contributed by atoms with van der Waals surface area (Å²) in [6, 6.07) is 0. The third kappa shape index (κ3) is 9.65. The van der Waals surface area contributed by atoms with E-state index in [0.717, 1.165) is 32.1 Å². The molecule has 0 amide bonds. The van der Waals surface area contributed by atoms with Gasteiger partial charge in [0.2, 0.25) is 0 Å². The molecule has 0 aromatic carbocycles. The fourth-order valence-electron chi connectivity index (χ4n) is 2.01. The fraction of sp³-hybridized carbons (Fsp3) is 0.667. The van der Waals surface area contributed by atoms with Crippen LogP contribution in [0.3, 0.4) is 0 Å². The standard InChI is InChI=1S/C15H24O6/c1-2-3-4-5-6-7-8-11(14(18)19)9-12(15(20)21)10-13(16)17/h8,12H,2-7,9-10H2,1H3,(H,16,17)(H,18,19)(H,20,21). The Kier molecular flexibility index (Phi) is 9.92. The van der Waals surface area contributed by atoms with Gasteiger partial charge in [0.05, 0.1) is 12.3 Å². The molecule has 120 valence electrons. The average Bonchev–Trinajstić information content (AvgIpc) is 2.39. The number of unbranched alkanes of at least 4 members (excludes halogenated alkanes) is 5. The van der Waals surface area contributed by atoms with Crippen molar-refractivity contribution in [2.75, 3.05) is 0 Å². The van der Waals surface area contributed by atoms with Crippen molar-refractivity contribution in [1.82, 2.24) is 0 Å². The minimum atomic E-state index is -1.28. The topological polar surface area (TPSA) is 112 Å². The first-order valence-electron chi connectivity index (χ1n) is 7.25. The van der Waals surface area contributed by atoms with Crippen molar-refractivity contribution in [1.29, 1.82) is 0 Å². The zero-order chi connectivity index (χ0) is 16.3. The molecule has 0 aromatic heterocycles. The van der Waals surface area contributed by atoms with Crippen LogP contribution in [0.4, 0.5) is 0 Å². The van der Waals surface area contributed by atoms with E-state index in [1.807, 2.05) is 0 Å². The molecule has 0 saturated carbocycles. The molecule has 1 unspecified atom stereocenters.